The van der Waals surface area contributed by atoms with Crippen LogP contribution in [-0.4, -0.2) is 30.0 Å². The predicted octanol–water partition coefficient (Wildman–Crippen LogP) is 3.36. The highest BCUT2D eigenvalue weighted by Crippen LogP contribution is 2.33. The maximum absolute atomic E-state index is 12.9. The molecule has 162 valence electrons. The van der Waals surface area contributed by atoms with Crippen molar-refractivity contribution in [1.82, 2.24) is 0 Å². The molecule has 1 aliphatic rings. The van der Waals surface area contributed by atoms with Gasteiger partial charge in [0.05, 0.1) is 27.4 Å². The first kappa shape index (κ1) is 21.7. The van der Waals surface area contributed by atoms with Crippen molar-refractivity contribution >= 4 is 46.4 Å². The zero-order valence-corrected chi connectivity index (χ0v) is 17.6. The molecule has 0 aromatic heterocycles. The van der Waals surface area contributed by atoms with E-state index in [0.717, 1.165) is 0 Å². The average Bonchev–Trinajstić information content (AvgIpc) is 2.81. The Balaban J connectivity index is 1.50. The topological polar surface area (TPSA) is 139 Å². The number of carbonyl (C=O) groups excluding carboxylic acids is 4. The molecule has 9 heteroatoms. The van der Waals surface area contributed by atoms with E-state index in [9.17, 15) is 19.2 Å². The van der Waals surface area contributed by atoms with E-state index in [1.807, 2.05) is 6.07 Å². The van der Waals surface area contributed by atoms with E-state index in [1.165, 1.54) is 36.4 Å². The molecule has 1 aliphatic carbocycles. The van der Waals surface area contributed by atoms with E-state index >= 15 is 0 Å². The summed E-state index contributed by atoms with van der Waals surface area (Å²) in [6.45, 7) is -0.636. The molecule has 0 fully saturated rings. The van der Waals surface area contributed by atoms with Gasteiger partial charge >= 0.3 is 5.97 Å². The summed E-state index contributed by atoms with van der Waals surface area (Å²) in [4.78, 5) is 50.3. The van der Waals surface area contributed by atoms with E-state index in [2.05, 4.69) is 5.32 Å². The number of anilines is 2. The highest BCUT2D eigenvalue weighted by atomic mass is 35.5. The molecule has 4 rings (SSSR count). The number of fused-ring (bicyclic) bond motifs is 2. The van der Waals surface area contributed by atoms with Crippen molar-refractivity contribution in [1.29, 1.82) is 5.26 Å². The fourth-order valence-corrected chi connectivity index (χ4v) is 3.70. The monoisotopic (exact) mass is 459 g/mol. The number of nitrogens with one attached hydrogen (secondary N) is 1. The zero-order chi connectivity index (χ0) is 23.7. The number of nitriles is 1. The van der Waals surface area contributed by atoms with Crippen molar-refractivity contribution in [3.63, 3.8) is 0 Å². The minimum atomic E-state index is -0.928. The smallest absolute Gasteiger partial charge is 0.340 e. The molecule has 3 aromatic carbocycles. The molecule has 0 heterocycles. The minimum Gasteiger partial charge on any atom is -0.452 e. The zero-order valence-electron chi connectivity index (χ0n) is 16.8. The lowest BCUT2D eigenvalue weighted by atomic mass is 9.82. The van der Waals surface area contributed by atoms with Gasteiger partial charge in [0.15, 0.2) is 18.2 Å². The molecule has 0 atom stereocenters. The van der Waals surface area contributed by atoms with Gasteiger partial charge in [-0.2, -0.15) is 5.26 Å². The second-order valence-corrected chi connectivity index (χ2v) is 7.49. The van der Waals surface area contributed by atoms with Crippen molar-refractivity contribution in [2.24, 2.45) is 0 Å². The molecule has 1 amide bonds. The summed E-state index contributed by atoms with van der Waals surface area (Å²) in [6.07, 6.45) is 0. The van der Waals surface area contributed by atoms with Gasteiger partial charge < -0.3 is 15.8 Å². The van der Waals surface area contributed by atoms with Crippen LogP contribution in [0, 0.1) is 11.3 Å². The molecular formula is C24H14ClN3O5. The summed E-state index contributed by atoms with van der Waals surface area (Å²) in [6, 6.07) is 15.2. The molecule has 3 N–H and O–H groups in total. The first-order valence-corrected chi connectivity index (χ1v) is 9.97. The maximum atomic E-state index is 12.9. The van der Waals surface area contributed by atoms with Crippen LogP contribution in [0.5, 0.6) is 0 Å². The van der Waals surface area contributed by atoms with E-state index < -0.39 is 24.3 Å². The van der Waals surface area contributed by atoms with Crippen LogP contribution in [-0.2, 0) is 9.53 Å². The number of benzene rings is 3. The third-order valence-electron chi connectivity index (χ3n) is 5.06. The fourth-order valence-electron chi connectivity index (χ4n) is 3.48. The summed E-state index contributed by atoms with van der Waals surface area (Å²) in [5.41, 5.74) is 6.82. The minimum absolute atomic E-state index is 0.0650. The molecule has 0 bridgehead atoms. The van der Waals surface area contributed by atoms with Gasteiger partial charge in [0.25, 0.3) is 5.91 Å². The number of esters is 1. The molecule has 0 saturated heterocycles. The predicted molar refractivity (Wildman–Crippen MR) is 119 cm³/mol. The number of rotatable bonds is 4. The average molecular weight is 460 g/mol. The number of hydrogen-bond donors (Lipinski definition) is 2. The van der Waals surface area contributed by atoms with Crippen LogP contribution in [0.2, 0.25) is 5.02 Å². The van der Waals surface area contributed by atoms with Crippen molar-refractivity contribution in [3.8, 4) is 6.07 Å². The van der Waals surface area contributed by atoms with E-state index in [4.69, 9.17) is 27.3 Å². The molecular weight excluding hydrogens is 446 g/mol. The molecule has 0 radical (unpaired) electrons. The van der Waals surface area contributed by atoms with E-state index in [1.54, 1.807) is 18.2 Å². The van der Waals surface area contributed by atoms with Gasteiger partial charge in [0, 0.05) is 22.4 Å². The highest BCUT2D eigenvalue weighted by molar-refractivity contribution is 6.32. The Labute approximate surface area is 192 Å². The van der Waals surface area contributed by atoms with E-state index in [0.29, 0.717) is 5.69 Å². The number of nitrogens with two attached hydrogens (primary N) is 1. The lowest BCUT2D eigenvalue weighted by molar-refractivity contribution is -0.119. The highest BCUT2D eigenvalue weighted by Gasteiger charge is 2.33. The number of ether oxygens (including phenoxy) is 1. The van der Waals surface area contributed by atoms with Crippen molar-refractivity contribution in [2.45, 2.75) is 0 Å². The van der Waals surface area contributed by atoms with Crippen LogP contribution in [0.4, 0.5) is 11.4 Å². The van der Waals surface area contributed by atoms with Crippen molar-refractivity contribution in [3.05, 3.63) is 93.0 Å². The second-order valence-electron chi connectivity index (χ2n) is 7.08. The molecule has 0 aliphatic heterocycles. The van der Waals surface area contributed by atoms with Gasteiger partial charge in [0.2, 0.25) is 0 Å². The Kier molecular flexibility index (Phi) is 5.65. The summed E-state index contributed by atoms with van der Waals surface area (Å²) in [5, 5.41) is 11.5. The second kappa shape index (κ2) is 8.57. The van der Waals surface area contributed by atoms with Crippen LogP contribution in [0.3, 0.4) is 0 Å². The number of carbonyl (C=O) groups is 4. The van der Waals surface area contributed by atoms with Crippen LogP contribution in [0.25, 0.3) is 0 Å². The number of ketones is 2. The quantitative estimate of drug-likeness (QED) is 0.352. The Morgan fingerprint density at radius 2 is 1.70 bits per heavy atom. The molecule has 3 aromatic rings. The van der Waals surface area contributed by atoms with Crippen LogP contribution in [0.15, 0.2) is 54.6 Å². The summed E-state index contributed by atoms with van der Waals surface area (Å²) >= 11 is 5.93. The fraction of sp³-hybridized carbons (Fsp3) is 0.0417. The van der Waals surface area contributed by atoms with Gasteiger partial charge in [-0.1, -0.05) is 35.9 Å². The van der Waals surface area contributed by atoms with Crippen LogP contribution < -0.4 is 11.1 Å². The number of nitrogens with zero attached hydrogens (tertiary/aromatic N) is 1. The first-order valence-electron chi connectivity index (χ1n) is 9.59. The van der Waals surface area contributed by atoms with Crippen LogP contribution in [0.1, 0.15) is 47.8 Å². The Hall–Kier alpha value is -4.48. The molecule has 0 saturated carbocycles. The number of amides is 1. The maximum Gasteiger partial charge on any atom is 0.340 e. The molecule has 8 nitrogen and oxygen atoms in total. The van der Waals surface area contributed by atoms with E-state index in [-0.39, 0.29) is 49.9 Å². The summed E-state index contributed by atoms with van der Waals surface area (Å²) < 4.78 is 5.03. The van der Waals surface area contributed by atoms with Gasteiger partial charge in [-0.3, -0.25) is 14.4 Å². The molecule has 33 heavy (non-hydrogen) atoms. The lowest BCUT2D eigenvalue weighted by Gasteiger charge is -2.20. The van der Waals surface area contributed by atoms with Gasteiger partial charge in [-0.15, -0.1) is 0 Å². The standard InChI is InChI=1S/C24H14ClN3O5/c25-18-9-13(6-5-12(18)10-26)28-19(29)11-33-24(32)17-8-7-16-20(21(17)27)23(31)15-4-2-1-3-14(15)22(16)30/h1-9H,11,27H2,(H,28,29). The van der Waals surface area contributed by atoms with Crippen molar-refractivity contribution < 1.29 is 23.9 Å². The first-order chi connectivity index (χ1) is 15.8. The Morgan fingerprint density at radius 3 is 2.36 bits per heavy atom. The largest absolute Gasteiger partial charge is 0.452 e. The summed E-state index contributed by atoms with van der Waals surface area (Å²) in [5.74, 6) is -2.42. The van der Waals surface area contributed by atoms with Crippen LogP contribution >= 0.6 is 11.6 Å². The normalized spacial score (nSPS) is 11.8. The number of hydrogen-bond acceptors (Lipinski definition) is 7. The lowest BCUT2D eigenvalue weighted by Crippen LogP contribution is -2.25. The van der Waals surface area contributed by atoms with Gasteiger partial charge in [-0.25, -0.2) is 4.79 Å². The van der Waals surface area contributed by atoms with Crippen molar-refractivity contribution in [2.75, 3.05) is 17.7 Å². The SMILES string of the molecule is N#Cc1ccc(NC(=O)COC(=O)c2ccc3c(c2N)C(=O)c2ccccc2C3=O)cc1Cl. The third kappa shape index (κ3) is 3.93. The van der Waals surface area contributed by atoms with Gasteiger partial charge in [-0.05, 0) is 30.3 Å². The third-order valence-corrected chi connectivity index (χ3v) is 5.37. The molecule has 0 spiro atoms. The van der Waals surface area contributed by atoms with Gasteiger partial charge in [0.1, 0.15) is 6.07 Å². The number of halogens is 1. The Bertz CT molecular complexity index is 1410. The number of nitrogen functional groups attached to an aromatic ring is 1. The molecule has 0 unspecified atom stereocenters. The summed E-state index contributed by atoms with van der Waals surface area (Å²) in [7, 11) is 0. The Morgan fingerprint density at radius 1 is 1.00 bits per heavy atom.